The number of nitro groups is 1. The Labute approximate surface area is 160 Å². The van der Waals surface area contributed by atoms with E-state index >= 15 is 0 Å². The number of carbonyl (C=O) groups excluding carboxylic acids is 1. The average Bonchev–Trinajstić information content (AvgIpc) is 3.02. The van der Waals surface area contributed by atoms with Crippen molar-refractivity contribution in [2.24, 2.45) is 11.0 Å². The molecule has 136 valence electrons. The van der Waals surface area contributed by atoms with Crippen molar-refractivity contribution >= 4 is 40.2 Å². The van der Waals surface area contributed by atoms with Crippen LogP contribution in [0.25, 0.3) is 0 Å². The molecule has 1 aliphatic rings. The van der Waals surface area contributed by atoms with E-state index in [-0.39, 0.29) is 16.6 Å². The van der Waals surface area contributed by atoms with Gasteiger partial charge in [0.15, 0.2) is 0 Å². The van der Waals surface area contributed by atoms with Crippen molar-refractivity contribution in [1.82, 2.24) is 5.43 Å². The molecule has 2 aromatic rings. The number of hydrogen-bond donors (Lipinski definition) is 1. The number of fused-ring (bicyclic) bond motifs is 1. The maximum absolute atomic E-state index is 12.4. The minimum absolute atomic E-state index is 0.0639. The van der Waals surface area contributed by atoms with Gasteiger partial charge in [0, 0.05) is 16.5 Å². The van der Waals surface area contributed by atoms with Gasteiger partial charge in [0.05, 0.1) is 15.5 Å². The molecule has 0 fully saturated rings. The van der Waals surface area contributed by atoms with Crippen molar-refractivity contribution in [3.63, 3.8) is 0 Å². The molecular weight excluding hydrogens is 374 g/mol. The van der Waals surface area contributed by atoms with E-state index < -0.39 is 4.92 Å². The van der Waals surface area contributed by atoms with Crippen molar-refractivity contribution in [3.05, 3.63) is 60.3 Å². The molecule has 1 atom stereocenters. The highest BCUT2D eigenvalue weighted by molar-refractivity contribution is 7.14. The lowest BCUT2D eigenvalue weighted by Crippen LogP contribution is -2.18. The molecule has 1 aliphatic carbocycles. The Balaban J connectivity index is 1.74. The monoisotopic (exact) mass is 391 g/mol. The van der Waals surface area contributed by atoms with E-state index in [1.807, 2.05) is 6.07 Å². The largest absolute Gasteiger partial charge is 0.288 e. The molecule has 1 amide bonds. The van der Waals surface area contributed by atoms with Crippen LogP contribution < -0.4 is 5.43 Å². The molecule has 0 saturated heterocycles. The van der Waals surface area contributed by atoms with Crippen LogP contribution in [0.1, 0.15) is 45.9 Å². The lowest BCUT2D eigenvalue weighted by atomic mass is 9.90. The minimum atomic E-state index is -0.547. The summed E-state index contributed by atoms with van der Waals surface area (Å²) < 4.78 is 0. The second-order valence-corrected chi connectivity index (χ2v) is 8.01. The standard InChI is InChI=1S/C18H18ClN3O3S/c1-10-3-6-16-13(7-10)9-17(26-16)18(23)21-20-11(2)12-4-5-14(19)15(8-12)22(24)25/h4-5,8-10H,3,6-7H2,1-2H3,(H,21,23)/b20-11+. The maximum atomic E-state index is 12.4. The summed E-state index contributed by atoms with van der Waals surface area (Å²) in [6.45, 7) is 3.90. The van der Waals surface area contributed by atoms with E-state index in [2.05, 4.69) is 17.5 Å². The average molecular weight is 392 g/mol. The number of hydrogen-bond acceptors (Lipinski definition) is 5. The number of aryl methyl sites for hydroxylation is 1. The van der Waals surface area contributed by atoms with Gasteiger partial charge in [-0.05, 0) is 49.8 Å². The fraction of sp³-hybridized carbons (Fsp3) is 0.333. The zero-order valence-electron chi connectivity index (χ0n) is 14.4. The molecular formula is C18H18ClN3O3S. The lowest BCUT2D eigenvalue weighted by Gasteiger charge is -2.16. The van der Waals surface area contributed by atoms with Crippen LogP contribution in [0.3, 0.4) is 0 Å². The van der Waals surface area contributed by atoms with Crippen LogP contribution in [0.5, 0.6) is 0 Å². The van der Waals surface area contributed by atoms with Gasteiger partial charge in [-0.2, -0.15) is 5.10 Å². The van der Waals surface area contributed by atoms with E-state index in [0.717, 1.165) is 19.3 Å². The predicted molar refractivity (Wildman–Crippen MR) is 103 cm³/mol. The first-order valence-electron chi connectivity index (χ1n) is 8.25. The first kappa shape index (κ1) is 18.5. The van der Waals surface area contributed by atoms with Crippen molar-refractivity contribution in [3.8, 4) is 0 Å². The summed E-state index contributed by atoms with van der Waals surface area (Å²) in [5.41, 5.74) is 4.60. The quantitative estimate of drug-likeness (QED) is 0.470. The Morgan fingerprint density at radius 2 is 2.19 bits per heavy atom. The summed E-state index contributed by atoms with van der Waals surface area (Å²) in [5, 5.41) is 15.1. The van der Waals surface area contributed by atoms with E-state index in [1.165, 1.54) is 33.9 Å². The van der Waals surface area contributed by atoms with Gasteiger partial charge in [-0.25, -0.2) is 5.43 Å². The zero-order valence-corrected chi connectivity index (χ0v) is 16.0. The van der Waals surface area contributed by atoms with E-state index in [4.69, 9.17) is 11.6 Å². The molecule has 0 radical (unpaired) electrons. The third kappa shape index (κ3) is 3.94. The van der Waals surface area contributed by atoms with Crippen molar-refractivity contribution in [2.75, 3.05) is 0 Å². The molecule has 6 nitrogen and oxygen atoms in total. The summed E-state index contributed by atoms with van der Waals surface area (Å²) in [5.74, 6) is 0.383. The zero-order chi connectivity index (χ0) is 18.8. The normalized spacial score (nSPS) is 16.9. The minimum Gasteiger partial charge on any atom is -0.266 e. The fourth-order valence-corrected chi connectivity index (χ4v) is 4.23. The molecule has 0 spiro atoms. The van der Waals surface area contributed by atoms with Crippen LogP contribution in [0.15, 0.2) is 29.4 Å². The summed E-state index contributed by atoms with van der Waals surface area (Å²) >= 11 is 7.33. The molecule has 3 rings (SSSR count). The SMILES string of the molecule is C/C(=N\NC(=O)c1cc2c(s1)CCC(C)C2)c1ccc(Cl)c([N+](=O)[O-])c1. The van der Waals surface area contributed by atoms with Gasteiger partial charge in [-0.1, -0.05) is 24.6 Å². The van der Waals surface area contributed by atoms with Gasteiger partial charge in [0.2, 0.25) is 0 Å². The number of amides is 1. The third-order valence-electron chi connectivity index (χ3n) is 4.44. The van der Waals surface area contributed by atoms with Crippen molar-refractivity contribution in [2.45, 2.75) is 33.1 Å². The fourth-order valence-electron chi connectivity index (χ4n) is 2.95. The Kier molecular flexibility index (Phi) is 5.38. The second-order valence-electron chi connectivity index (χ2n) is 6.47. The molecule has 0 saturated carbocycles. The number of hydrazone groups is 1. The first-order valence-corrected chi connectivity index (χ1v) is 9.45. The Hall–Kier alpha value is -2.25. The van der Waals surface area contributed by atoms with Crippen LogP contribution >= 0.6 is 22.9 Å². The first-order chi connectivity index (χ1) is 12.3. The molecule has 1 aromatic heterocycles. The van der Waals surface area contributed by atoms with Crippen molar-refractivity contribution in [1.29, 1.82) is 0 Å². The van der Waals surface area contributed by atoms with Gasteiger partial charge in [-0.15, -0.1) is 11.3 Å². The Morgan fingerprint density at radius 3 is 2.92 bits per heavy atom. The number of thiophene rings is 1. The van der Waals surface area contributed by atoms with Gasteiger partial charge < -0.3 is 0 Å². The van der Waals surface area contributed by atoms with E-state index in [0.29, 0.717) is 22.1 Å². The predicted octanol–water partition coefficient (Wildman–Crippen LogP) is 4.59. The maximum Gasteiger partial charge on any atom is 0.288 e. The molecule has 1 heterocycles. The molecule has 0 bridgehead atoms. The summed E-state index contributed by atoms with van der Waals surface area (Å²) in [7, 11) is 0. The number of carbonyl (C=O) groups is 1. The molecule has 0 aliphatic heterocycles. The van der Waals surface area contributed by atoms with Crippen LogP contribution in [0.4, 0.5) is 5.69 Å². The lowest BCUT2D eigenvalue weighted by molar-refractivity contribution is -0.384. The topological polar surface area (TPSA) is 84.6 Å². The van der Waals surface area contributed by atoms with Gasteiger partial charge >= 0.3 is 0 Å². The summed E-state index contributed by atoms with van der Waals surface area (Å²) in [4.78, 5) is 24.7. The van der Waals surface area contributed by atoms with Crippen LogP contribution in [-0.2, 0) is 12.8 Å². The number of nitrogens with zero attached hydrogens (tertiary/aromatic N) is 2. The van der Waals surface area contributed by atoms with Crippen LogP contribution in [-0.4, -0.2) is 16.5 Å². The second kappa shape index (κ2) is 7.55. The van der Waals surface area contributed by atoms with Crippen molar-refractivity contribution < 1.29 is 9.72 Å². The van der Waals surface area contributed by atoms with E-state index in [9.17, 15) is 14.9 Å². The third-order valence-corrected chi connectivity index (χ3v) is 5.99. The van der Waals surface area contributed by atoms with Gasteiger partial charge in [0.25, 0.3) is 11.6 Å². The molecule has 8 heteroatoms. The molecule has 26 heavy (non-hydrogen) atoms. The van der Waals surface area contributed by atoms with Gasteiger partial charge in [-0.3, -0.25) is 14.9 Å². The summed E-state index contributed by atoms with van der Waals surface area (Å²) in [6.07, 6.45) is 3.18. The number of halogens is 1. The number of benzene rings is 1. The molecule has 1 aromatic carbocycles. The molecule has 1 unspecified atom stereocenters. The smallest absolute Gasteiger partial charge is 0.266 e. The van der Waals surface area contributed by atoms with Crippen LogP contribution in [0.2, 0.25) is 5.02 Å². The highest BCUT2D eigenvalue weighted by atomic mass is 35.5. The van der Waals surface area contributed by atoms with Gasteiger partial charge in [0.1, 0.15) is 5.02 Å². The molecule has 1 N–H and O–H groups in total. The highest BCUT2D eigenvalue weighted by Gasteiger charge is 2.20. The van der Waals surface area contributed by atoms with Crippen LogP contribution in [0, 0.1) is 16.0 Å². The number of nitrogens with one attached hydrogen (secondary N) is 1. The number of nitro benzene ring substituents is 1. The Morgan fingerprint density at radius 1 is 1.42 bits per heavy atom. The van der Waals surface area contributed by atoms with E-state index in [1.54, 1.807) is 13.0 Å². The summed E-state index contributed by atoms with van der Waals surface area (Å²) in [6, 6.07) is 6.37. The Bertz CT molecular complexity index is 907. The number of rotatable bonds is 4. The highest BCUT2D eigenvalue weighted by Crippen LogP contribution is 2.32.